The highest BCUT2D eigenvalue weighted by Crippen LogP contribution is 2.36. The molecule has 0 saturated carbocycles. The van der Waals surface area contributed by atoms with Gasteiger partial charge in [0.1, 0.15) is 11.5 Å². The number of methoxy groups -OCH3 is 1. The molecule has 0 fully saturated rings. The number of furan rings is 1. The number of aryl methyl sites for hydroxylation is 1. The van der Waals surface area contributed by atoms with Crippen LogP contribution >= 0.6 is 15.9 Å². The lowest BCUT2D eigenvalue weighted by molar-refractivity contribution is -0.136. The zero-order valence-corrected chi connectivity index (χ0v) is 22.4. The third-order valence-electron chi connectivity index (χ3n) is 5.78. The molecule has 4 rings (SSSR count). The Morgan fingerprint density at radius 2 is 1.66 bits per heavy atom. The van der Waals surface area contributed by atoms with Crippen molar-refractivity contribution in [1.29, 1.82) is 0 Å². The summed E-state index contributed by atoms with van der Waals surface area (Å²) >= 11 is 3.37. The topological polar surface area (TPSA) is 118 Å². The molecule has 2 aromatic carbocycles. The Morgan fingerprint density at radius 1 is 0.974 bits per heavy atom. The van der Waals surface area contributed by atoms with Gasteiger partial charge in [-0.2, -0.15) is 0 Å². The van der Waals surface area contributed by atoms with Crippen molar-refractivity contribution >= 4 is 57.1 Å². The normalized spacial score (nSPS) is 14.2. The fraction of sp³-hybridized carbons (Fsp3) is 0.143. The van der Waals surface area contributed by atoms with E-state index >= 15 is 0 Å². The molecule has 0 aliphatic carbocycles. The van der Waals surface area contributed by atoms with E-state index in [1.807, 2.05) is 19.1 Å². The molecule has 0 bridgehead atoms. The molecule has 1 aliphatic rings. The highest BCUT2D eigenvalue weighted by Gasteiger charge is 2.38. The minimum atomic E-state index is -0.829. The maximum atomic E-state index is 13.4. The van der Waals surface area contributed by atoms with Crippen LogP contribution in [0.4, 0.5) is 11.4 Å². The molecule has 9 nitrogen and oxygen atoms in total. The first kappa shape index (κ1) is 26.6. The Kier molecular flexibility index (Phi) is 7.92. The molecule has 38 heavy (non-hydrogen) atoms. The summed E-state index contributed by atoms with van der Waals surface area (Å²) in [5, 5.41) is 5.02. The fourth-order valence-electron chi connectivity index (χ4n) is 3.86. The molecule has 0 unspecified atom stereocenters. The van der Waals surface area contributed by atoms with Crippen molar-refractivity contribution in [1.82, 2.24) is 5.32 Å². The van der Waals surface area contributed by atoms with Crippen LogP contribution in [0.2, 0.25) is 0 Å². The van der Waals surface area contributed by atoms with Gasteiger partial charge >= 0.3 is 17.8 Å². The zero-order chi connectivity index (χ0) is 27.4. The van der Waals surface area contributed by atoms with Gasteiger partial charge in [-0.3, -0.25) is 19.3 Å². The third kappa shape index (κ3) is 5.76. The van der Waals surface area contributed by atoms with Crippen LogP contribution in [0.5, 0.6) is 0 Å². The lowest BCUT2D eigenvalue weighted by Crippen LogP contribution is -2.34. The predicted molar refractivity (Wildman–Crippen MR) is 145 cm³/mol. The van der Waals surface area contributed by atoms with Gasteiger partial charge < -0.3 is 19.8 Å². The number of allylic oxidation sites excluding steroid dienone is 1. The van der Waals surface area contributed by atoms with Gasteiger partial charge in [0.05, 0.1) is 24.8 Å². The molecule has 10 heteroatoms. The van der Waals surface area contributed by atoms with Crippen LogP contribution in [-0.4, -0.2) is 30.8 Å². The Hall–Kier alpha value is -4.44. The van der Waals surface area contributed by atoms with E-state index in [9.17, 15) is 19.2 Å². The number of anilines is 2. The Balaban J connectivity index is 1.48. The SMILES string of the molecule is COC(=O)C1=C(C)N(c2ccc(Br)cc2)C(=O)/C1=C/c1ccc(CNC(=O)C(=O)Nc2ccc(C)cc2)o1. The fourth-order valence-corrected chi connectivity index (χ4v) is 4.13. The van der Waals surface area contributed by atoms with E-state index in [2.05, 4.69) is 26.6 Å². The Bertz CT molecular complexity index is 1470. The van der Waals surface area contributed by atoms with Gasteiger partial charge in [-0.25, -0.2) is 4.79 Å². The zero-order valence-electron chi connectivity index (χ0n) is 20.8. The summed E-state index contributed by atoms with van der Waals surface area (Å²) in [4.78, 5) is 51.7. The smallest absolute Gasteiger partial charge is 0.340 e. The minimum Gasteiger partial charge on any atom is -0.465 e. The van der Waals surface area contributed by atoms with E-state index < -0.39 is 23.7 Å². The third-order valence-corrected chi connectivity index (χ3v) is 6.31. The maximum Gasteiger partial charge on any atom is 0.340 e. The molecule has 2 heterocycles. The lowest BCUT2D eigenvalue weighted by Gasteiger charge is -2.17. The first-order chi connectivity index (χ1) is 18.2. The van der Waals surface area contributed by atoms with Crippen LogP contribution in [0.25, 0.3) is 6.08 Å². The molecule has 0 atom stereocenters. The minimum absolute atomic E-state index is 0.0545. The van der Waals surface area contributed by atoms with E-state index in [0.29, 0.717) is 22.8 Å². The molecule has 3 amide bonds. The summed E-state index contributed by atoms with van der Waals surface area (Å²) in [6, 6.07) is 17.3. The number of ether oxygens (including phenoxy) is 1. The first-order valence-electron chi connectivity index (χ1n) is 11.5. The molecular weight excluding hydrogens is 554 g/mol. The maximum absolute atomic E-state index is 13.4. The van der Waals surface area contributed by atoms with Crippen LogP contribution in [0.3, 0.4) is 0 Å². The second-order valence-electron chi connectivity index (χ2n) is 8.43. The highest BCUT2D eigenvalue weighted by molar-refractivity contribution is 9.10. The first-order valence-corrected chi connectivity index (χ1v) is 12.3. The number of benzene rings is 2. The van der Waals surface area contributed by atoms with Gasteiger partial charge in [-0.1, -0.05) is 33.6 Å². The van der Waals surface area contributed by atoms with Crippen molar-refractivity contribution in [3.63, 3.8) is 0 Å². The van der Waals surface area contributed by atoms with Crippen molar-refractivity contribution in [2.24, 2.45) is 0 Å². The van der Waals surface area contributed by atoms with Crippen LogP contribution in [-0.2, 0) is 30.5 Å². The summed E-state index contributed by atoms with van der Waals surface area (Å²) in [6.45, 7) is 3.53. The van der Waals surface area contributed by atoms with Crippen LogP contribution in [0.15, 0.2) is 86.4 Å². The number of nitrogens with zero attached hydrogens (tertiary/aromatic N) is 1. The molecule has 0 radical (unpaired) electrons. The van der Waals surface area contributed by atoms with E-state index in [-0.39, 0.29) is 23.5 Å². The van der Waals surface area contributed by atoms with E-state index in [0.717, 1.165) is 10.0 Å². The average molecular weight is 578 g/mol. The summed E-state index contributed by atoms with van der Waals surface area (Å²) in [5.41, 5.74) is 2.78. The average Bonchev–Trinajstić information content (AvgIpc) is 3.45. The van der Waals surface area contributed by atoms with Crippen molar-refractivity contribution in [2.75, 3.05) is 17.3 Å². The van der Waals surface area contributed by atoms with Crippen LogP contribution in [0, 0.1) is 6.92 Å². The summed E-state index contributed by atoms with van der Waals surface area (Å²) < 4.78 is 11.5. The van der Waals surface area contributed by atoms with Gasteiger partial charge in [0.15, 0.2) is 0 Å². The number of halogens is 1. The van der Waals surface area contributed by atoms with Crippen LogP contribution in [0.1, 0.15) is 24.0 Å². The van der Waals surface area contributed by atoms with Gasteiger partial charge in [-0.05, 0) is 68.5 Å². The highest BCUT2D eigenvalue weighted by atomic mass is 79.9. The Labute approximate surface area is 227 Å². The summed E-state index contributed by atoms with van der Waals surface area (Å²) in [5.74, 6) is -2.07. The molecule has 0 spiro atoms. The monoisotopic (exact) mass is 577 g/mol. The van der Waals surface area contributed by atoms with Crippen molar-refractivity contribution in [3.8, 4) is 0 Å². The van der Waals surface area contributed by atoms with Crippen molar-refractivity contribution < 1.29 is 28.3 Å². The van der Waals surface area contributed by atoms with Gasteiger partial charge in [-0.15, -0.1) is 0 Å². The van der Waals surface area contributed by atoms with E-state index in [4.69, 9.17) is 9.15 Å². The van der Waals surface area contributed by atoms with Gasteiger partial charge in [0, 0.05) is 21.5 Å². The molecule has 1 aromatic heterocycles. The lowest BCUT2D eigenvalue weighted by atomic mass is 10.1. The second-order valence-corrected chi connectivity index (χ2v) is 9.35. The molecular formula is C28H24BrN3O6. The molecule has 1 aliphatic heterocycles. The van der Waals surface area contributed by atoms with Crippen molar-refractivity contribution in [2.45, 2.75) is 20.4 Å². The standard InChI is InChI=1S/C28H24BrN3O6/c1-16-4-8-19(9-5-16)31-26(34)25(33)30-15-22-13-12-21(38-22)14-23-24(28(36)37-3)17(2)32(27(23)35)20-10-6-18(29)7-11-20/h4-14H,15H2,1-3H3,(H,30,33)(H,31,34)/b23-14+. The quantitative estimate of drug-likeness (QED) is 0.253. The number of carbonyl (C=O) groups excluding carboxylic acids is 4. The van der Waals surface area contributed by atoms with Gasteiger partial charge in [0.25, 0.3) is 5.91 Å². The number of nitrogens with one attached hydrogen (secondary N) is 2. The molecule has 3 aromatic rings. The molecule has 0 saturated heterocycles. The number of carbonyl (C=O) groups is 4. The number of rotatable bonds is 6. The number of amides is 3. The predicted octanol–water partition coefficient (Wildman–Crippen LogP) is 4.48. The van der Waals surface area contributed by atoms with Gasteiger partial charge in [0.2, 0.25) is 0 Å². The summed E-state index contributed by atoms with van der Waals surface area (Å²) in [6.07, 6.45) is 1.45. The number of esters is 1. The molecule has 2 N–H and O–H groups in total. The Morgan fingerprint density at radius 3 is 2.32 bits per heavy atom. The number of hydrogen-bond donors (Lipinski definition) is 2. The van der Waals surface area contributed by atoms with Crippen LogP contribution < -0.4 is 15.5 Å². The second kappa shape index (κ2) is 11.3. The summed E-state index contributed by atoms with van der Waals surface area (Å²) in [7, 11) is 1.25. The molecule has 194 valence electrons. The van der Waals surface area contributed by atoms with E-state index in [1.165, 1.54) is 18.1 Å². The van der Waals surface area contributed by atoms with Crippen molar-refractivity contribution in [3.05, 3.63) is 99.1 Å². The number of hydrogen-bond acceptors (Lipinski definition) is 6. The van der Waals surface area contributed by atoms with E-state index in [1.54, 1.807) is 55.5 Å². The largest absolute Gasteiger partial charge is 0.465 e.